The second-order valence-corrected chi connectivity index (χ2v) is 4.74. The van der Waals surface area contributed by atoms with Crippen molar-refractivity contribution in [1.29, 1.82) is 0 Å². The molecule has 2 aliphatic rings. The Bertz CT molecular complexity index is 449. The molecule has 2 atom stereocenters. The summed E-state index contributed by atoms with van der Waals surface area (Å²) in [4.78, 5) is 13.7. The van der Waals surface area contributed by atoms with Crippen molar-refractivity contribution in [2.75, 3.05) is 18.0 Å². The molecule has 0 spiro atoms. The van der Waals surface area contributed by atoms with E-state index in [9.17, 15) is 9.18 Å². The molecule has 2 aliphatic heterocycles. The minimum absolute atomic E-state index is 0.0498. The molecule has 0 aromatic heterocycles. The van der Waals surface area contributed by atoms with Gasteiger partial charge in [0.2, 0.25) is 5.91 Å². The number of fused-ring (bicyclic) bond motifs is 1. The van der Waals surface area contributed by atoms with E-state index in [0.717, 1.165) is 19.5 Å². The molecule has 1 amide bonds. The Morgan fingerprint density at radius 3 is 3.00 bits per heavy atom. The number of carbonyl (C=O) groups is 1. The summed E-state index contributed by atoms with van der Waals surface area (Å²) in [5.41, 5.74) is 0.437. The fraction of sp³-hybridized carbons (Fsp3) is 0.462. The third-order valence-electron chi connectivity index (χ3n) is 3.72. The number of anilines is 1. The molecule has 90 valence electrons. The van der Waals surface area contributed by atoms with Crippen LogP contribution >= 0.6 is 0 Å². The number of nitrogens with one attached hydrogen (secondary N) is 1. The maximum absolute atomic E-state index is 13.8. The zero-order valence-electron chi connectivity index (χ0n) is 9.53. The van der Waals surface area contributed by atoms with Gasteiger partial charge in [0.25, 0.3) is 0 Å². The van der Waals surface area contributed by atoms with E-state index in [-0.39, 0.29) is 17.8 Å². The fourth-order valence-electron chi connectivity index (χ4n) is 2.92. The quantitative estimate of drug-likeness (QED) is 0.799. The molecule has 3 nitrogen and oxygen atoms in total. The van der Waals surface area contributed by atoms with E-state index in [0.29, 0.717) is 18.0 Å². The van der Waals surface area contributed by atoms with Crippen LogP contribution < -0.4 is 10.2 Å². The van der Waals surface area contributed by atoms with Gasteiger partial charge in [-0.1, -0.05) is 12.1 Å². The van der Waals surface area contributed by atoms with Crippen LogP contribution in [0, 0.1) is 11.7 Å². The van der Waals surface area contributed by atoms with E-state index in [2.05, 4.69) is 5.32 Å². The first-order valence-corrected chi connectivity index (χ1v) is 6.04. The smallest absolute Gasteiger partial charge is 0.227 e. The molecular weight excluding hydrogens is 219 g/mol. The summed E-state index contributed by atoms with van der Waals surface area (Å²) < 4.78 is 13.8. The standard InChI is InChI=1S/C13H15FN2O/c14-10-3-1-2-4-12(10)16-11-5-6-15-8-9(11)7-13(16)17/h1-4,9,11,15H,5-8H2. The van der Waals surface area contributed by atoms with Crippen LogP contribution in [0.1, 0.15) is 12.8 Å². The summed E-state index contributed by atoms with van der Waals surface area (Å²) in [7, 11) is 0. The molecular formula is C13H15FN2O. The molecule has 3 rings (SSSR count). The second kappa shape index (κ2) is 4.11. The van der Waals surface area contributed by atoms with Gasteiger partial charge >= 0.3 is 0 Å². The number of carbonyl (C=O) groups excluding carboxylic acids is 1. The van der Waals surface area contributed by atoms with E-state index >= 15 is 0 Å². The Morgan fingerprint density at radius 2 is 2.18 bits per heavy atom. The number of rotatable bonds is 1. The maximum atomic E-state index is 13.8. The topological polar surface area (TPSA) is 32.3 Å². The first-order valence-electron chi connectivity index (χ1n) is 6.04. The molecule has 2 saturated heterocycles. The van der Waals surface area contributed by atoms with Crippen LogP contribution in [0.5, 0.6) is 0 Å². The highest BCUT2D eigenvalue weighted by atomic mass is 19.1. The molecule has 1 aromatic rings. The van der Waals surface area contributed by atoms with E-state index < -0.39 is 0 Å². The van der Waals surface area contributed by atoms with E-state index in [4.69, 9.17) is 0 Å². The first kappa shape index (κ1) is 10.7. The van der Waals surface area contributed by atoms with E-state index in [1.165, 1.54) is 6.07 Å². The molecule has 0 aliphatic carbocycles. The molecule has 1 N–H and O–H groups in total. The predicted octanol–water partition coefficient (Wildman–Crippen LogP) is 1.54. The maximum Gasteiger partial charge on any atom is 0.227 e. The van der Waals surface area contributed by atoms with Gasteiger partial charge in [0, 0.05) is 24.9 Å². The highest BCUT2D eigenvalue weighted by Gasteiger charge is 2.42. The van der Waals surface area contributed by atoms with Crippen molar-refractivity contribution >= 4 is 11.6 Å². The molecule has 0 bridgehead atoms. The van der Waals surface area contributed by atoms with Gasteiger partial charge in [0.15, 0.2) is 0 Å². The SMILES string of the molecule is O=C1CC2CNCCC2N1c1ccccc1F. The summed E-state index contributed by atoms with van der Waals surface area (Å²) in [5.74, 6) is 0.0738. The fourth-order valence-corrected chi connectivity index (χ4v) is 2.92. The van der Waals surface area contributed by atoms with E-state index in [1.54, 1.807) is 23.1 Å². The summed E-state index contributed by atoms with van der Waals surface area (Å²) in [6.45, 7) is 1.76. The van der Waals surface area contributed by atoms with Crippen molar-refractivity contribution in [3.8, 4) is 0 Å². The van der Waals surface area contributed by atoms with Crippen LogP contribution in [-0.2, 0) is 4.79 Å². The van der Waals surface area contributed by atoms with Crippen molar-refractivity contribution in [3.63, 3.8) is 0 Å². The van der Waals surface area contributed by atoms with Crippen LogP contribution in [-0.4, -0.2) is 25.0 Å². The molecule has 17 heavy (non-hydrogen) atoms. The Balaban J connectivity index is 1.96. The normalized spacial score (nSPS) is 28.3. The van der Waals surface area contributed by atoms with Gasteiger partial charge < -0.3 is 10.2 Å². The molecule has 2 heterocycles. The second-order valence-electron chi connectivity index (χ2n) is 4.74. The van der Waals surface area contributed by atoms with Gasteiger partial charge in [-0.2, -0.15) is 0 Å². The third-order valence-corrected chi connectivity index (χ3v) is 3.72. The van der Waals surface area contributed by atoms with Gasteiger partial charge in [-0.3, -0.25) is 4.79 Å². The summed E-state index contributed by atoms with van der Waals surface area (Å²) >= 11 is 0. The van der Waals surface area contributed by atoms with Crippen molar-refractivity contribution < 1.29 is 9.18 Å². The molecule has 0 saturated carbocycles. The predicted molar refractivity (Wildman–Crippen MR) is 63.3 cm³/mol. The van der Waals surface area contributed by atoms with Gasteiger partial charge in [0.05, 0.1) is 5.69 Å². The van der Waals surface area contributed by atoms with Crippen molar-refractivity contribution in [2.24, 2.45) is 5.92 Å². The Hall–Kier alpha value is -1.42. The number of nitrogens with zero attached hydrogens (tertiary/aromatic N) is 1. The van der Waals surface area contributed by atoms with Crippen LogP contribution in [0.3, 0.4) is 0 Å². The summed E-state index contributed by atoms with van der Waals surface area (Å²) in [6, 6.07) is 6.70. The third kappa shape index (κ3) is 1.72. The first-order chi connectivity index (χ1) is 8.27. The Labute approximate surface area is 99.6 Å². The number of para-hydroxylation sites is 1. The number of piperidine rings is 1. The minimum atomic E-state index is -0.306. The van der Waals surface area contributed by atoms with Crippen molar-refractivity contribution in [1.82, 2.24) is 5.32 Å². The number of amides is 1. The molecule has 2 unspecified atom stereocenters. The molecule has 4 heteroatoms. The number of hydrogen-bond donors (Lipinski definition) is 1. The monoisotopic (exact) mass is 234 g/mol. The lowest BCUT2D eigenvalue weighted by atomic mass is 9.94. The van der Waals surface area contributed by atoms with Gasteiger partial charge in [-0.25, -0.2) is 4.39 Å². The summed E-state index contributed by atoms with van der Waals surface area (Å²) in [6.07, 6.45) is 1.44. The van der Waals surface area contributed by atoms with Crippen molar-refractivity contribution in [2.45, 2.75) is 18.9 Å². The van der Waals surface area contributed by atoms with Crippen LogP contribution in [0.2, 0.25) is 0 Å². The van der Waals surface area contributed by atoms with Crippen LogP contribution in [0.25, 0.3) is 0 Å². The zero-order chi connectivity index (χ0) is 11.8. The Morgan fingerprint density at radius 1 is 1.35 bits per heavy atom. The van der Waals surface area contributed by atoms with Crippen LogP contribution in [0.15, 0.2) is 24.3 Å². The Kier molecular flexibility index (Phi) is 2.59. The van der Waals surface area contributed by atoms with Crippen molar-refractivity contribution in [3.05, 3.63) is 30.1 Å². The molecule has 0 radical (unpaired) electrons. The number of benzene rings is 1. The molecule has 2 fully saturated rings. The molecule has 1 aromatic carbocycles. The van der Waals surface area contributed by atoms with Gasteiger partial charge in [-0.15, -0.1) is 0 Å². The highest BCUT2D eigenvalue weighted by Crippen LogP contribution is 2.34. The lowest BCUT2D eigenvalue weighted by Crippen LogP contribution is -2.44. The van der Waals surface area contributed by atoms with Gasteiger partial charge in [0.1, 0.15) is 5.82 Å². The number of halogens is 1. The average Bonchev–Trinajstić information content (AvgIpc) is 2.66. The van der Waals surface area contributed by atoms with E-state index in [1.807, 2.05) is 0 Å². The highest BCUT2D eigenvalue weighted by molar-refractivity contribution is 5.96. The largest absolute Gasteiger partial charge is 0.316 e. The lowest BCUT2D eigenvalue weighted by molar-refractivity contribution is -0.117. The van der Waals surface area contributed by atoms with Crippen LogP contribution in [0.4, 0.5) is 10.1 Å². The minimum Gasteiger partial charge on any atom is -0.316 e. The van der Waals surface area contributed by atoms with Gasteiger partial charge in [-0.05, 0) is 25.1 Å². The zero-order valence-corrected chi connectivity index (χ0v) is 9.53. The summed E-state index contributed by atoms with van der Waals surface area (Å²) in [5, 5.41) is 3.29. The number of hydrogen-bond acceptors (Lipinski definition) is 2. The average molecular weight is 234 g/mol. The lowest BCUT2D eigenvalue weighted by Gasteiger charge is -2.32.